The lowest BCUT2D eigenvalue weighted by Gasteiger charge is -2.38. The van der Waals surface area contributed by atoms with Gasteiger partial charge in [0.15, 0.2) is 11.5 Å². The van der Waals surface area contributed by atoms with Crippen LogP contribution in [0.2, 0.25) is 0 Å². The maximum atomic E-state index is 12.8. The van der Waals surface area contributed by atoms with Crippen molar-refractivity contribution in [2.24, 2.45) is 0 Å². The van der Waals surface area contributed by atoms with Gasteiger partial charge in [0.2, 0.25) is 0 Å². The number of hydrogen-bond donors (Lipinski definition) is 1. The molecule has 0 saturated heterocycles. The number of benzene rings is 3. The van der Waals surface area contributed by atoms with Crippen LogP contribution in [0.5, 0.6) is 11.5 Å². The molecule has 0 fully saturated rings. The largest absolute Gasteiger partial charge is 0.493 e. The quantitative estimate of drug-likeness (QED) is 0.497. The van der Waals surface area contributed by atoms with Crippen LogP contribution in [0.4, 0.5) is 0 Å². The van der Waals surface area contributed by atoms with Crippen LogP contribution in [-0.2, 0) is 13.0 Å². The van der Waals surface area contributed by atoms with Crippen molar-refractivity contribution in [3.63, 3.8) is 0 Å². The van der Waals surface area contributed by atoms with E-state index in [-0.39, 0.29) is 11.6 Å². The number of hydrogen-bond acceptors (Lipinski definition) is 5. The maximum Gasteiger partial charge on any atom is 0.258 e. The Kier molecular flexibility index (Phi) is 5.60. The minimum atomic E-state index is -0.0984. The summed E-state index contributed by atoms with van der Waals surface area (Å²) < 4.78 is 11.2. The monoisotopic (exact) mass is 441 g/mol. The number of methoxy groups -OCH3 is 2. The summed E-state index contributed by atoms with van der Waals surface area (Å²) >= 11 is 0. The fourth-order valence-corrected chi connectivity index (χ4v) is 4.81. The van der Waals surface area contributed by atoms with E-state index in [2.05, 4.69) is 46.3 Å². The van der Waals surface area contributed by atoms with Crippen LogP contribution in [0.1, 0.15) is 34.1 Å². The second kappa shape index (κ2) is 8.71. The zero-order chi connectivity index (χ0) is 22.9. The summed E-state index contributed by atoms with van der Waals surface area (Å²) in [5, 5.41) is 0.624. The molecule has 3 aromatic carbocycles. The van der Waals surface area contributed by atoms with Crippen molar-refractivity contribution in [2.45, 2.75) is 25.9 Å². The lowest BCUT2D eigenvalue weighted by molar-refractivity contribution is 0.198. The van der Waals surface area contributed by atoms with Crippen molar-refractivity contribution < 1.29 is 9.47 Å². The second-order valence-electron chi connectivity index (χ2n) is 8.42. The van der Waals surface area contributed by atoms with Gasteiger partial charge in [-0.1, -0.05) is 42.5 Å². The summed E-state index contributed by atoms with van der Waals surface area (Å²) in [4.78, 5) is 23.0. The number of rotatable bonds is 5. The molecule has 1 atom stereocenters. The van der Waals surface area contributed by atoms with Crippen molar-refractivity contribution in [1.29, 1.82) is 0 Å². The number of aromatic amines is 1. The average molecular weight is 442 g/mol. The number of aromatic nitrogens is 2. The molecule has 1 aromatic heterocycles. The highest BCUT2D eigenvalue weighted by Gasteiger charge is 2.31. The zero-order valence-corrected chi connectivity index (χ0v) is 19.1. The minimum absolute atomic E-state index is 0.00706. The minimum Gasteiger partial charge on any atom is -0.493 e. The van der Waals surface area contributed by atoms with Gasteiger partial charge in [0.25, 0.3) is 5.56 Å². The molecular formula is C27H27N3O3. The van der Waals surface area contributed by atoms with E-state index in [1.54, 1.807) is 14.2 Å². The van der Waals surface area contributed by atoms with Crippen molar-refractivity contribution in [3.8, 4) is 11.5 Å². The fourth-order valence-electron chi connectivity index (χ4n) is 4.81. The lowest BCUT2D eigenvalue weighted by atomic mass is 9.87. The van der Waals surface area contributed by atoms with Gasteiger partial charge in [-0.05, 0) is 53.8 Å². The molecule has 6 heteroatoms. The summed E-state index contributed by atoms with van der Waals surface area (Å²) in [6.45, 7) is 3.35. The van der Waals surface area contributed by atoms with E-state index < -0.39 is 0 Å². The molecule has 0 bridgehead atoms. The van der Waals surface area contributed by atoms with E-state index in [4.69, 9.17) is 14.5 Å². The van der Waals surface area contributed by atoms with Gasteiger partial charge in [-0.3, -0.25) is 9.69 Å². The maximum absolute atomic E-state index is 12.8. The molecule has 33 heavy (non-hydrogen) atoms. The first-order chi connectivity index (χ1) is 16.1. The third-order valence-corrected chi connectivity index (χ3v) is 6.43. The lowest BCUT2D eigenvalue weighted by Crippen LogP contribution is -2.36. The smallest absolute Gasteiger partial charge is 0.258 e. The molecule has 2 heterocycles. The van der Waals surface area contributed by atoms with Crippen LogP contribution < -0.4 is 15.0 Å². The number of para-hydroxylation sites is 1. The van der Waals surface area contributed by atoms with Crippen molar-refractivity contribution >= 4 is 10.9 Å². The number of nitrogens with one attached hydrogen (secondary N) is 1. The van der Waals surface area contributed by atoms with Crippen molar-refractivity contribution in [3.05, 3.63) is 99.1 Å². The number of ether oxygens (including phenoxy) is 2. The first-order valence-corrected chi connectivity index (χ1v) is 11.1. The summed E-state index contributed by atoms with van der Waals surface area (Å²) in [5.41, 5.74) is 5.28. The summed E-state index contributed by atoms with van der Waals surface area (Å²) in [6.07, 6.45) is 0.871. The van der Waals surface area contributed by atoms with Gasteiger partial charge in [-0.15, -0.1) is 0 Å². The van der Waals surface area contributed by atoms with Crippen LogP contribution in [0, 0.1) is 6.92 Å². The number of aryl methyl sites for hydroxylation is 1. The highest BCUT2D eigenvalue weighted by Crippen LogP contribution is 2.41. The zero-order valence-electron chi connectivity index (χ0n) is 19.1. The highest BCUT2D eigenvalue weighted by atomic mass is 16.5. The van der Waals surface area contributed by atoms with Crippen LogP contribution in [0.15, 0.2) is 65.5 Å². The molecule has 0 saturated carbocycles. The second-order valence-corrected chi connectivity index (χ2v) is 8.42. The van der Waals surface area contributed by atoms with Gasteiger partial charge in [-0.25, -0.2) is 4.98 Å². The standard InChI is InChI=1S/C27H27N3O3/c1-17-8-7-11-20-25(17)28-24(29-27(20)31)16-30-13-12-19-14-22(32-2)23(33-3)15-21(19)26(30)18-9-5-4-6-10-18/h4-11,14-15,26H,12-13,16H2,1-3H3,(H,28,29,31)/t26-/m1/s1. The number of fused-ring (bicyclic) bond motifs is 2. The highest BCUT2D eigenvalue weighted by molar-refractivity contribution is 5.80. The topological polar surface area (TPSA) is 67.5 Å². The Hall–Kier alpha value is -3.64. The Morgan fingerprint density at radius 2 is 1.79 bits per heavy atom. The molecule has 5 rings (SSSR count). The van der Waals surface area contributed by atoms with Crippen molar-refractivity contribution in [1.82, 2.24) is 14.9 Å². The molecule has 1 N–H and O–H groups in total. The third-order valence-electron chi connectivity index (χ3n) is 6.43. The first-order valence-electron chi connectivity index (χ1n) is 11.1. The van der Waals surface area contributed by atoms with Gasteiger partial charge in [0, 0.05) is 6.54 Å². The summed E-state index contributed by atoms with van der Waals surface area (Å²) in [7, 11) is 3.33. The number of H-pyrrole nitrogens is 1. The Balaban J connectivity index is 1.60. The van der Waals surface area contributed by atoms with Gasteiger partial charge >= 0.3 is 0 Å². The van der Waals surface area contributed by atoms with Gasteiger partial charge in [0.1, 0.15) is 5.82 Å². The molecule has 0 radical (unpaired) electrons. The molecule has 4 aromatic rings. The normalized spacial score (nSPS) is 15.9. The van der Waals surface area contributed by atoms with Gasteiger partial charge in [-0.2, -0.15) is 0 Å². The van der Waals surface area contributed by atoms with E-state index >= 15 is 0 Å². The molecular weight excluding hydrogens is 414 g/mol. The summed E-state index contributed by atoms with van der Waals surface area (Å²) in [5.74, 6) is 2.13. The number of nitrogens with zero attached hydrogens (tertiary/aromatic N) is 2. The predicted octanol–water partition coefficient (Wildman–Crippen LogP) is 4.40. The van der Waals surface area contributed by atoms with E-state index in [0.29, 0.717) is 23.5 Å². The Morgan fingerprint density at radius 1 is 1.03 bits per heavy atom. The molecule has 0 amide bonds. The van der Waals surface area contributed by atoms with E-state index in [1.165, 1.54) is 16.7 Å². The van der Waals surface area contributed by atoms with Gasteiger partial charge in [0.05, 0.1) is 37.7 Å². The first kappa shape index (κ1) is 21.2. The van der Waals surface area contributed by atoms with Crippen LogP contribution >= 0.6 is 0 Å². The SMILES string of the molecule is COc1cc2c(cc1OC)[C@@H](c1ccccc1)N(Cc1nc3c(C)cccc3c(=O)[nH]1)CC2. The Bertz CT molecular complexity index is 1360. The third kappa shape index (κ3) is 3.87. The predicted molar refractivity (Wildman–Crippen MR) is 129 cm³/mol. The average Bonchev–Trinajstić information content (AvgIpc) is 2.84. The van der Waals surface area contributed by atoms with Crippen LogP contribution in [0.25, 0.3) is 10.9 Å². The Labute approximate surface area is 192 Å². The molecule has 1 aliphatic heterocycles. The van der Waals surface area contributed by atoms with Crippen molar-refractivity contribution in [2.75, 3.05) is 20.8 Å². The van der Waals surface area contributed by atoms with E-state index in [9.17, 15) is 4.79 Å². The fraction of sp³-hybridized carbons (Fsp3) is 0.259. The molecule has 0 aliphatic carbocycles. The molecule has 0 spiro atoms. The van der Waals surface area contributed by atoms with Crippen LogP contribution in [0.3, 0.4) is 0 Å². The summed E-state index contributed by atoms with van der Waals surface area (Å²) in [6, 6.07) is 20.3. The van der Waals surface area contributed by atoms with Gasteiger partial charge < -0.3 is 14.5 Å². The van der Waals surface area contributed by atoms with E-state index in [1.807, 2.05) is 31.2 Å². The molecule has 0 unspecified atom stereocenters. The Morgan fingerprint density at radius 3 is 2.55 bits per heavy atom. The van der Waals surface area contributed by atoms with E-state index in [0.717, 1.165) is 29.8 Å². The molecule has 6 nitrogen and oxygen atoms in total. The molecule has 1 aliphatic rings. The van der Waals surface area contributed by atoms with Crippen LogP contribution in [-0.4, -0.2) is 35.6 Å². The molecule has 168 valence electrons.